The average molecular weight is 225 g/mol. The molecule has 2 bridgehead atoms. The molecule has 0 heterocycles. The van der Waals surface area contributed by atoms with E-state index in [1.807, 2.05) is 0 Å². The van der Waals surface area contributed by atoms with Crippen molar-refractivity contribution in [2.45, 2.75) is 45.6 Å². The van der Waals surface area contributed by atoms with Gasteiger partial charge in [0.05, 0.1) is 6.61 Å². The maximum Gasteiger partial charge on any atom is 0.0618 e. The lowest BCUT2D eigenvalue weighted by molar-refractivity contribution is 0.141. The van der Waals surface area contributed by atoms with Gasteiger partial charge in [-0.1, -0.05) is 20.3 Å². The molecule has 0 aromatic carbocycles. The zero-order chi connectivity index (χ0) is 11.5. The Morgan fingerprint density at radius 3 is 2.56 bits per heavy atom. The molecule has 4 unspecified atom stereocenters. The number of hydrogen-bond acceptors (Lipinski definition) is 2. The molecular formula is C14H27NO. The maximum absolute atomic E-state index is 5.28. The van der Waals surface area contributed by atoms with E-state index in [9.17, 15) is 0 Å². The molecule has 0 radical (unpaired) electrons. The van der Waals surface area contributed by atoms with E-state index in [4.69, 9.17) is 4.74 Å². The first-order valence-corrected chi connectivity index (χ1v) is 6.93. The lowest BCUT2D eigenvalue weighted by atomic mass is 9.88. The molecule has 2 aliphatic carbocycles. The van der Waals surface area contributed by atoms with Gasteiger partial charge in [-0.3, -0.25) is 0 Å². The van der Waals surface area contributed by atoms with Gasteiger partial charge in [-0.05, 0) is 49.5 Å². The van der Waals surface area contributed by atoms with Crippen LogP contribution in [0.25, 0.3) is 0 Å². The van der Waals surface area contributed by atoms with Gasteiger partial charge in [0.25, 0.3) is 0 Å². The molecule has 0 aliphatic heterocycles. The molecule has 94 valence electrons. The Labute approximate surface area is 100 Å². The highest BCUT2D eigenvalue weighted by molar-refractivity contribution is 4.91. The van der Waals surface area contributed by atoms with Crippen LogP contribution in [-0.4, -0.2) is 26.3 Å². The Kier molecular flexibility index (Phi) is 4.26. The van der Waals surface area contributed by atoms with Gasteiger partial charge >= 0.3 is 0 Å². The highest BCUT2D eigenvalue weighted by Gasteiger charge is 2.39. The number of ether oxygens (including phenoxy) is 1. The molecule has 2 fully saturated rings. The van der Waals surface area contributed by atoms with Gasteiger partial charge in [-0.2, -0.15) is 0 Å². The second-order valence-corrected chi connectivity index (χ2v) is 6.15. The van der Waals surface area contributed by atoms with Crippen molar-refractivity contribution in [3.05, 3.63) is 0 Å². The van der Waals surface area contributed by atoms with Crippen LogP contribution in [0.2, 0.25) is 0 Å². The zero-order valence-corrected chi connectivity index (χ0v) is 11.0. The summed E-state index contributed by atoms with van der Waals surface area (Å²) in [4.78, 5) is 0. The summed E-state index contributed by atoms with van der Waals surface area (Å²) in [7, 11) is 1.80. The summed E-state index contributed by atoms with van der Waals surface area (Å²) >= 11 is 0. The molecule has 16 heavy (non-hydrogen) atoms. The molecule has 0 spiro atoms. The summed E-state index contributed by atoms with van der Waals surface area (Å²) in [5.41, 5.74) is 0. The van der Waals surface area contributed by atoms with E-state index in [2.05, 4.69) is 19.2 Å². The van der Waals surface area contributed by atoms with Crippen molar-refractivity contribution in [1.29, 1.82) is 0 Å². The summed E-state index contributed by atoms with van der Waals surface area (Å²) in [5.74, 6) is 3.72. The van der Waals surface area contributed by atoms with Crippen molar-refractivity contribution in [2.75, 3.05) is 20.3 Å². The molecular weight excluding hydrogens is 198 g/mol. The van der Waals surface area contributed by atoms with Crippen molar-refractivity contribution >= 4 is 0 Å². The van der Waals surface area contributed by atoms with Crippen LogP contribution in [0.4, 0.5) is 0 Å². The predicted molar refractivity (Wildman–Crippen MR) is 67.4 cm³/mol. The van der Waals surface area contributed by atoms with Crippen molar-refractivity contribution in [3.63, 3.8) is 0 Å². The predicted octanol–water partition coefficient (Wildman–Crippen LogP) is 2.68. The van der Waals surface area contributed by atoms with Crippen molar-refractivity contribution < 1.29 is 4.74 Å². The molecule has 2 heteroatoms. The van der Waals surface area contributed by atoms with Gasteiger partial charge in [-0.15, -0.1) is 0 Å². The molecule has 1 N–H and O–H groups in total. The summed E-state index contributed by atoms with van der Waals surface area (Å²) < 4.78 is 5.28. The summed E-state index contributed by atoms with van der Waals surface area (Å²) in [6.45, 7) is 6.61. The molecule has 0 saturated heterocycles. The van der Waals surface area contributed by atoms with E-state index in [-0.39, 0.29) is 0 Å². The third kappa shape index (κ3) is 2.78. The Balaban J connectivity index is 1.73. The minimum atomic E-state index is 0.532. The van der Waals surface area contributed by atoms with E-state index in [1.165, 1.54) is 32.2 Å². The second-order valence-electron chi connectivity index (χ2n) is 6.15. The van der Waals surface area contributed by atoms with E-state index in [1.54, 1.807) is 7.11 Å². The molecule has 2 aliphatic rings. The summed E-state index contributed by atoms with van der Waals surface area (Å²) in [6, 6.07) is 0.532. The van der Waals surface area contributed by atoms with Crippen LogP contribution in [0, 0.1) is 23.7 Å². The monoisotopic (exact) mass is 225 g/mol. The highest BCUT2D eigenvalue weighted by Crippen LogP contribution is 2.47. The Hall–Kier alpha value is -0.0800. The third-order valence-electron chi connectivity index (χ3n) is 4.68. The van der Waals surface area contributed by atoms with Crippen LogP contribution in [0.3, 0.4) is 0 Å². The van der Waals surface area contributed by atoms with E-state index < -0.39 is 0 Å². The van der Waals surface area contributed by atoms with Gasteiger partial charge in [0.1, 0.15) is 0 Å². The fourth-order valence-corrected chi connectivity index (χ4v) is 3.60. The Bertz CT molecular complexity index is 215. The van der Waals surface area contributed by atoms with E-state index in [0.29, 0.717) is 12.0 Å². The van der Waals surface area contributed by atoms with Crippen LogP contribution in [-0.2, 0) is 4.74 Å². The number of rotatable bonds is 6. The number of methoxy groups -OCH3 is 1. The van der Waals surface area contributed by atoms with Crippen LogP contribution < -0.4 is 5.32 Å². The third-order valence-corrected chi connectivity index (χ3v) is 4.68. The molecule has 2 rings (SSSR count). The maximum atomic E-state index is 5.28. The van der Waals surface area contributed by atoms with Crippen LogP contribution in [0.1, 0.15) is 39.5 Å². The molecule has 0 aromatic rings. The smallest absolute Gasteiger partial charge is 0.0618 e. The van der Waals surface area contributed by atoms with Crippen molar-refractivity contribution in [2.24, 2.45) is 23.7 Å². The molecule has 0 amide bonds. The van der Waals surface area contributed by atoms with Gasteiger partial charge in [-0.25, -0.2) is 0 Å². The number of nitrogens with one attached hydrogen (secondary N) is 1. The SMILES string of the molecule is COCC(NCC1CC2CCC1C2)C(C)C. The van der Waals surface area contributed by atoms with Crippen LogP contribution in [0.15, 0.2) is 0 Å². The Morgan fingerprint density at radius 1 is 1.25 bits per heavy atom. The standard InChI is InChI=1S/C14H27NO/c1-10(2)14(9-16-3)15-8-13-7-11-4-5-12(13)6-11/h10-15H,4-9H2,1-3H3. The van der Waals surface area contributed by atoms with Gasteiger partial charge in [0.2, 0.25) is 0 Å². The first-order chi connectivity index (χ1) is 7.70. The molecule has 2 saturated carbocycles. The summed E-state index contributed by atoms with van der Waals surface area (Å²) in [6.07, 6.45) is 6.00. The Morgan fingerprint density at radius 2 is 2.06 bits per heavy atom. The first kappa shape index (κ1) is 12.4. The van der Waals surface area contributed by atoms with Crippen LogP contribution in [0.5, 0.6) is 0 Å². The van der Waals surface area contributed by atoms with Crippen LogP contribution >= 0.6 is 0 Å². The molecule has 2 nitrogen and oxygen atoms in total. The minimum Gasteiger partial charge on any atom is -0.383 e. The second kappa shape index (κ2) is 5.50. The lowest BCUT2D eigenvalue weighted by Gasteiger charge is -2.27. The average Bonchev–Trinajstić information content (AvgIpc) is 2.85. The summed E-state index contributed by atoms with van der Waals surface area (Å²) in [5, 5.41) is 3.72. The number of fused-ring (bicyclic) bond motifs is 2. The van der Waals surface area contributed by atoms with Crippen molar-refractivity contribution in [3.8, 4) is 0 Å². The highest BCUT2D eigenvalue weighted by atomic mass is 16.5. The fourth-order valence-electron chi connectivity index (χ4n) is 3.60. The number of hydrogen-bond donors (Lipinski definition) is 1. The van der Waals surface area contributed by atoms with E-state index >= 15 is 0 Å². The minimum absolute atomic E-state index is 0.532. The largest absolute Gasteiger partial charge is 0.383 e. The molecule has 4 atom stereocenters. The van der Waals surface area contributed by atoms with E-state index in [0.717, 1.165) is 24.4 Å². The normalized spacial score (nSPS) is 34.9. The molecule has 0 aromatic heterocycles. The lowest BCUT2D eigenvalue weighted by Crippen LogP contribution is -2.41. The van der Waals surface area contributed by atoms with Gasteiger partial charge < -0.3 is 10.1 Å². The van der Waals surface area contributed by atoms with Gasteiger partial charge in [0, 0.05) is 13.2 Å². The fraction of sp³-hybridized carbons (Fsp3) is 1.00. The first-order valence-electron chi connectivity index (χ1n) is 6.93. The van der Waals surface area contributed by atoms with Gasteiger partial charge in [0.15, 0.2) is 0 Å². The van der Waals surface area contributed by atoms with Crippen molar-refractivity contribution in [1.82, 2.24) is 5.32 Å². The zero-order valence-electron chi connectivity index (χ0n) is 11.0. The quantitative estimate of drug-likeness (QED) is 0.750. The topological polar surface area (TPSA) is 21.3 Å².